The number of halogens is 2. The second-order valence-corrected chi connectivity index (χ2v) is 9.34. The molecule has 0 amide bonds. The van der Waals surface area contributed by atoms with E-state index in [1.165, 1.54) is 11.1 Å². The number of benzene rings is 2. The molecule has 1 aromatic heterocycles. The fourth-order valence-corrected chi connectivity index (χ4v) is 4.74. The van der Waals surface area contributed by atoms with Crippen LogP contribution in [0.15, 0.2) is 42.5 Å². The Hall–Kier alpha value is -2.54. The lowest BCUT2D eigenvalue weighted by Gasteiger charge is -2.27. The van der Waals surface area contributed by atoms with Gasteiger partial charge in [0, 0.05) is 51.8 Å². The lowest BCUT2D eigenvalue weighted by molar-refractivity contribution is 0.0573. The summed E-state index contributed by atoms with van der Waals surface area (Å²) in [7, 11) is 7.81. The highest BCUT2D eigenvalue weighted by atomic mass is 35.5. The van der Waals surface area contributed by atoms with E-state index in [0.29, 0.717) is 34.0 Å². The Balaban J connectivity index is 1.82. The van der Waals surface area contributed by atoms with Crippen LogP contribution in [0, 0.1) is 0 Å². The van der Waals surface area contributed by atoms with Crippen molar-refractivity contribution < 1.29 is 4.74 Å². The molecular weight excluding hydrogens is 457 g/mol. The number of fused-ring (bicyclic) bond motifs is 1. The third kappa shape index (κ3) is 4.74. The number of nitrogens with zero attached hydrogens (tertiary/aromatic N) is 4. The van der Waals surface area contributed by atoms with Gasteiger partial charge >= 0.3 is 0 Å². The van der Waals surface area contributed by atoms with Crippen molar-refractivity contribution in [2.45, 2.75) is 25.5 Å². The topological polar surface area (TPSA) is 53.5 Å². The molecule has 8 heteroatoms. The maximum absolute atomic E-state index is 6.54. The van der Waals surface area contributed by atoms with E-state index in [-0.39, 0.29) is 12.1 Å². The molecule has 1 heterocycles. The van der Waals surface area contributed by atoms with Crippen LogP contribution in [0.25, 0.3) is 11.3 Å². The summed E-state index contributed by atoms with van der Waals surface area (Å²) in [5.41, 5.74) is 4.01. The Morgan fingerprint density at radius 2 is 1.73 bits per heavy atom. The summed E-state index contributed by atoms with van der Waals surface area (Å²) in [6, 6.07) is 13.9. The van der Waals surface area contributed by atoms with Gasteiger partial charge in [0.05, 0.1) is 17.2 Å². The average molecular weight is 486 g/mol. The van der Waals surface area contributed by atoms with Crippen LogP contribution in [0.2, 0.25) is 10.0 Å². The van der Waals surface area contributed by atoms with Crippen molar-refractivity contribution in [1.82, 2.24) is 9.97 Å². The van der Waals surface area contributed by atoms with Gasteiger partial charge in [-0.15, -0.1) is 0 Å². The Morgan fingerprint density at radius 3 is 2.39 bits per heavy atom. The van der Waals surface area contributed by atoms with Crippen molar-refractivity contribution in [3.05, 3.63) is 63.6 Å². The van der Waals surface area contributed by atoms with Crippen LogP contribution in [0.1, 0.15) is 24.1 Å². The lowest BCUT2D eigenvalue weighted by Crippen LogP contribution is -2.27. The van der Waals surface area contributed by atoms with Crippen LogP contribution in [0.3, 0.4) is 0 Å². The first kappa shape index (κ1) is 23.6. The summed E-state index contributed by atoms with van der Waals surface area (Å²) in [4.78, 5) is 13.9. The summed E-state index contributed by atoms with van der Waals surface area (Å²) < 4.78 is 6.10. The minimum absolute atomic E-state index is 0.0193. The summed E-state index contributed by atoms with van der Waals surface area (Å²) in [5, 5.41) is 4.77. The molecule has 1 aliphatic carbocycles. The quantitative estimate of drug-likeness (QED) is 0.463. The van der Waals surface area contributed by atoms with Gasteiger partial charge in [0.2, 0.25) is 0 Å². The van der Waals surface area contributed by atoms with Crippen molar-refractivity contribution in [2.75, 3.05) is 49.9 Å². The van der Waals surface area contributed by atoms with E-state index in [1.807, 2.05) is 57.0 Å². The molecule has 0 bridgehead atoms. The van der Waals surface area contributed by atoms with E-state index in [9.17, 15) is 0 Å². The fraction of sp³-hybridized carbons (Fsp3) is 0.360. The number of aromatic nitrogens is 2. The van der Waals surface area contributed by atoms with Gasteiger partial charge in [-0.3, -0.25) is 0 Å². The lowest BCUT2D eigenvalue weighted by atomic mass is 10.1. The largest absolute Gasteiger partial charge is 0.376 e. The fourth-order valence-electron chi connectivity index (χ4n) is 4.25. The maximum Gasteiger partial charge on any atom is 0.172 e. The van der Waals surface area contributed by atoms with E-state index >= 15 is 0 Å². The van der Waals surface area contributed by atoms with Crippen molar-refractivity contribution in [2.24, 2.45) is 0 Å². The molecule has 2 aromatic carbocycles. The molecule has 4 rings (SSSR count). The highest BCUT2D eigenvalue weighted by Gasteiger charge is 2.34. The van der Waals surface area contributed by atoms with E-state index in [0.717, 1.165) is 17.8 Å². The molecule has 0 spiro atoms. The molecule has 3 aromatic rings. The van der Waals surface area contributed by atoms with Gasteiger partial charge in [-0.25, -0.2) is 9.97 Å². The Morgan fingerprint density at radius 1 is 1.00 bits per heavy atom. The van der Waals surface area contributed by atoms with Crippen LogP contribution >= 0.6 is 23.2 Å². The Labute approximate surface area is 205 Å². The van der Waals surface area contributed by atoms with E-state index in [1.54, 1.807) is 6.07 Å². The summed E-state index contributed by atoms with van der Waals surface area (Å²) >= 11 is 12.7. The first-order valence-electron chi connectivity index (χ1n) is 11.0. The SMILES string of the molecule is CCOC1Cc2ccccc2C1Nc1nc(N(C)C)c(-c2ccc(Cl)cc2Cl)nc1N(C)C. The predicted octanol–water partition coefficient (Wildman–Crippen LogP) is 5.70. The number of anilines is 3. The molecule has 0 saturated carbocycles. The van der Waals surface area contributed by atoms with Crippen LogP contribution in [0.5, 0.6) is 0 Å². The summed E-state index contributed by atoms with van der Waals surface area (Å²) in [6.45, 7) is 2.68. The smallest absolute Gasteiger partial charge is 0.172 e. The van der Waals surface area contributed by atoms with Gasteiger partial charge in [0.15, 0.2) is 17.5 Å². The molecule has 1 aliphatic rings. The molecule has 2 atom stereocenters. The van der Waals surface area contributed by atoms with Crippen molar-refractivity contribution in [1.29, 1.82) is 0 Å². The summed E-state index contributed by atoms with van der Waals surface area (Å²) in [6.07, 6.45) is 0.892. The number of ether oxygens (including phenoxy) is 1. The van der Waals surface area contributed by atoms with Crippen LogP contribution in [-0.2, 0) is 11.2 Å². The Kier molecular flexibility index (Phi) is 6.98. The van der Waals surface area contributed by atoms with E-state index in [4.69, 9.17) is 37.9 Å². The molecule has 174 valence electrons. The number of nitrogens with one attached hydrogen (secondary N) is 1. The zero-order chi connectivity index (χ0) is 23.7. The van der Waals surface area contributed by atoms with Gasteiger partial charge in [-0.1, -0.05) is 47.5 Å². The van der Waals surface area contributed by atoms with Crippen LogP contribution < -0.4 is 15.1 Å². The average Bonchev–Trinajstić information content (AvgIpc) is 3.11. The number of rotatable bonds is 7. The second-order valence-electron chi connectivity index (χ2n) is 8.50. The zero-order valence-corrected chi connectivity index (χ0v) is 21.1. The van der Waals surface area contributed by atoms with Crippen molar-refractivity contribution in [3.8, 4) is 11.3 Å². The molecular formula is C25H29Cl2N5O. The second kappa shape index (κ2) is 9.75. The van der Waals surface area contributed by atoms with Gasteiger partial charge < -0.3 is 19.9 Å². The standard InChI is InChI=1S/C25H29Cl2N5O/c1-6-33-20-13-15-9-7-8-10-17(15)21(20)28-23-25(32(4)5)29-22(24(30-23)31(2)3)18-12-11-16(26)14-19(18)27/h7-12,14,20-21H,6,13H2,1-5H3,(H,28,30). The predicted molar refractivity (Wildman–Crippen MR) is 138 cm³/mol. The third-order valence-electron chi connectivity index (χ3n) is 5.75. The van der Waals surface area contributed by atoms with Gasteiger partial charge in [-0.05, 0) is 36.2 Å². The maximum atomic E-state index is 6.54. The molecule has 0 aliphatic heterocycles. The first-order valence-corrected chi connectivity index (χ1v) is 11.7. The van der Waals surface area contributed by atoms with Gasteiger partial charge in [0.25, 0.3) is 0 Å². The van der Waals surface area contributed by atoms with E-state index < -0.39 is 0 Å². The molecule has 6 nitrogen and oxygen atoms in total. The molecule has 33 heavy (non-hydrogen) atoms. The first-order chi connectivity index (χ1) is 15.8. The zero-order valence-electron chi connectivity index (χ0n) is 19.6. The molecule has 0 radical (unpaired) electrons. The minimum atomic E-state index is -0.0193. The highest BCUT2D eigenvalue weighted by molar-refractivity contribution is 6.36. The van der Waals surface area contributed by atoms with Crippen molar-refractivity contribution >= 4 is 40.7 Å². The monoisotopic (exact) mass is 485 g/mol. The van der Waals surface area contributed by atoms with E-state index in [2.05, 4.69) is 29.6 Å². The Bertz CT molecular complexity index is 1150. The molecule has 0 fully saturated rings. The molecule has 2 unspecified atom stereocenters. The normalized spacial score (nSPS) is 17.1. The number of hydrogen-bond donors (Lipinski definition) is 1. The third-order valence-corrected chi connectivity index (χ3v) is 6.30. The highest BCUT2D eigenvalue weighted by Crippen LogP contribution is 2.40. The number of hydrogen-bond acceptors (Lipinski definition) is 6. The van der Waals surface area contributed by atoms with Crippen LogP contribution in [0.4, 0.5) is 17.5 Å². The van der Waals surface area contributed by atoms with Gasteiger partial charge in [0.1, 0.15) is 5.69 Å². The molecule has 1 N–H and O–H groups in total. The minimum Gasteiger partial charge on any atom is -0.376 e. The summed E-state index contributed by atoms with van der Waals surface area (Å²) in [5.74, 6) is 2.14. The van der Waals surface area contributed by atoms with Crippen LogP contribution in [-0.4, -0.2) is 50.9 Å². The molecule has 0 saturated heterocycles. The van der Waals surface area contributed by atoms with Gasteiger partial charge in [-0.2, -0.15) is 0 Å². The van der Waals surface area contributed by atoms with Crippen molar-refractivity contribution in [3.63, 3.8) is 0 Å².